The molecular formula is C25H43F5N6O10. The molecule has 0 radical (unpaired) electrons. The Kier molecular flexibility index (Phi) is 14.7. The number of likely N-dealkylation sites (N-methyl/N-ethyl adjacent to an activating group) is 1. The number of rotatable bonds is 16. The molecule has 3 aliphatic rings. The molecule has 9 N–H and O–H groups in total. The van der Waals surface area contributed by atoms with Crippen LogP contribution in [-0.2, 0) is 23.7 Å². The number of aliphatic hydroxyl groups is 5. The van der Waals surface area contributed by atoms with Crippen LogP contribution in [0, 0.1) is 0 Å². The maximum atomic E-state index is 14.3. The fourth-order valence-corrected chi connectivity index (χ4v) is 5.71. The molecule has 1 saturated carbocycles. The molecular weight excluding hydrogens is 639 g/mol. The highest BCUT2D eigenvalue weighted by Gasteiger charge is 2.54. The number of halogens is 5. The molecule has 16 nitrogen and oxygen atoms in total. The van der Waals surface area contributed by atoms with Crippen molar-refractivity contribution in [1.82, 2.24) is 32.2 Å². The van der Waals surface area contributed by atoms with Gasteiger partial charge in [0.05, 0.1) is 38.4 Å². The zero-order valence-corrected chi connectivity index (χ0v) is 25.1. The molecule has 2 fully saturated rings. The van der Waals surface area contributed by atoms with E-state index in [0.717, 1.165) is 7.05 Å². The minimum atomic E-state index is -1.94. The summed E-state index contributed by atoms with van der Waals surface area (Å²) in [6.45, 7) is -1.06. The Hall–Kier alpha value is -1.86. The van der Waals surface area contributed by atoms with Crippen molar-refractivity contribution in [3.63, 3.8) is 0 Å². The summed E-state index contributed by atoms with van der Waals surface area (Å²) in [6, 6.07) is -5.62. The summed E-state index contributed by atoms with van der Waals surface area (Å²) in [7, 11) is 0.937. The summed E-state index contributed by atoms with van der Waals surface area (Å²) in [4.78, 5) is 12.7. The zero-order chi connectivity index (χ0) is 34.2. The van der Waals surface area contributed by atoms with Gasteiger partial charge in [-0.2, -0.15) is 11.1 Å². The number of carbonyl (C=O) groups excluding carboxylic acids is 1. The number of ether oxygens (including phenoxy) is 4. The molecule has 46 heavy (non-hydrogen) atoms. The van der Waals surface area contributed by atoms with Crippen molar-refractivity contribution in [3.05, 3.63) is 11.8 Å². The van der Waals surface area contributed by atoms with Crippen LogP contribution in [0.4, 0.5) is 22.4 Å². The van der Waals surface area contributed by atoms with Gasteiger partial charge in [-0.1, -0.05) is 0 Å². The number of hydrogen-bond acceptors (Lipinski definition) is 15. The van der Waals surface area contributed by atoms with Crippen molar-refractivity contribution in [2.45, 2.75) is 99.1 Å². The largest absolute Gasteiger partial charge is 0.466 e. The quantitative estimate of drug-likeness (QED) is 0.0603. The second-order valence-corrected chi connectivity index (χ2v) is 11.6. The van der Waals surface area contributed by atoms with Crippen LogP contribution in [0.2, 0.25) is 0 Å². The van der Waals surface area contributed by atoms with Gasteiger partial charge in [0.2, 0.25) is 12.2 Å². The van der Waals surface area contributed by atoms with Gasteiger partial charge in [0.1, 0.15) is 54.0 Å². The van der Waals surface area contributed by atoms with E-state index in [-0.39, 0.29) is 35.4 Å². The van der Waals surface area contributed by atoms with E-state index in [1.165, 1.54) is 29.6 Å². The lowest BCUT2D eigenvalue weighted by atomic mass is 9.83. The number of aliphatic hydroxyl groups excluding tert-OH is 4. The lowest BCUT2D eigenvalue weighted by molar-refractivity contribution is -0.323. The van der Waals surface area contributed by atoms with E-state index in [0.29, 0.717) is 0 Å². The number of hydrogen-bond donors (Lipinski definition) is 9. The van der Waals surface area contributed by atoms with Gasteiger partial charge < -0.3 is 49.8 Å². The number of amides is 1. The van der Waals surface area contributed by atoms with E-state index in [4.69, 9.17) is 24.1 Å². The minimum absolute atomic E-state index is 0.0237. The Bertz CT molecular complexity index is 996. The molecule has 0 aromatic rings. The van der Waals surface area contributed by atoms with E-state index in [9.17, 15) is 47.6 Å². The normalized spacial score (nSPS) is 37.6. The third-order valence-electron chi connectivity index (χ3n) is 8.01. The average Bonchev–Trinajstić information content (AvgIpc) is 2.99. The first-order valence-corrected chi connectivity index (χ1v) is 14.6. The number of nitrogens with zero attached hydrogens (tertiary/aromatic N) is 2. The molecule has 0 aromatic heterocycles. The zero-order valence-electron chi connectivity index (χ0n) is 25.1. The predicted octanol–water partition coefficient (Wildman–Crippen LogP) is -2.62. The fourth-order valence-electron chi connectivity index (χ4n) is 5.71. The van der Waals surface area contributed by atoms with E-state index in [2.05, 4.69) is 5.32 Å². The van der Waals surface area contributed by atoms with Crippen molar-refractivity contribution < 1.29 is 71.7 Å². The van der Waals surface area contributed by atoms with Gasteiger partial charge in [-0.15, -0.1) is 38.2 Å². The van der Waals surface area contributed by atoms with Crippen LogP contribution in [0.1, 0.15) is 26.2 Å². The van der Waals surface area contributed by atoms with Crippen LogP contribution >= 0.6 is 0 Å². The van der Waals surface area contributed by atoms with Crippen molar-refractivity contribution >= 4 is 5.91 Å². The Morgan fingerprint density at radius 1 is 1.11 bits per heavy atom. The van der Waals surface area contributed by atoms with Gasteiger partial charge in [-0.3, -0.25) is 4.79 Å². The van der Waals surface area contributed by atoms with Gasteiger partial charge in [0.15, 0.2) is 6.29 Å². The van der Waals surface area contributed by atoms with Gasteiger partial charge in [0.25, 0.3) is 0 Å². The number of carbonyl (C=O) groups is 1. The molecule has 12 atom stereocenters. The highest BCUT2D eigenvalue weighted by molar-refractivity contribution is 5.80. The highest BCUT2D eigenvalue weighted by Crippen LogP contribution is 2.34. The molecule has 1 aliphatic carbocycles. The first kappa shape index (κ1) is 38.6. The monoisotopic (exact) mass is 682 g/mol. The maximum Gasteiger partial charge on any atom is 0.249 e. The molecule has 1 amide bonds. The Labute approximate surface area is 261 Å². The van der Waals surface area contributed by atoms with Crippen LogP contribution in [-0.4, -0.2) is 154 Å². The summed E-state index contributed by atoms with van der Waals surface area (Å²) >= 11 is 0. The summed E-state index contributed by atoms with van der Waals surface area (Å²) in [5.74, 6) is -1.08. The SMILES string of the molecule is CN(F)C1C(O)C(OC2C(NC(=O)C(O)CCNF)CC(NF)C(OC3OC(CN(F)CCO)=CCC3NF)C2O)OCC1(C)O. The predicted molar refractivity (Wildman–Crippen MR) is 144 cm³/mol. The lowest BCUT2D eigenvalue weighted by Crippen LogP contribution is -2.69. The molecule has 268 valence electrons. The van der Waals surface area contributed by atoms with Gasteiger partial charge in [-0.25, -0.2) is 0 Å². The van der Waals surface area contributed by atoms with Crippen molar-refractivity contribution in [2.24, 2.45) is 0 Å². The van der Waals surface area contributed by atoms with Crippen LogP contribution in [0.25, 0.3) is 0 Å². The molecule has 0 aromatic carbocycles. The van der Waals surface area contributed by atoms with Crippen molar-refractivity contribution in [1.29, 1.82) is 0 Å². The highest BCUT2D eigenvalue weighted by atomic mass is 19.2. The van der Waals surface area contributed by atoms with E-state index in [1.54, 1.807) is 0 Å². The molecule has 2 aliphatic heterocycles. The summed E-state index contributed by atoms with van der Waals surface area (Å²) in [6.07, 6.45) is -11.7. The molecule has 0 bridgehead atoms. The lowest BCUT2D eigenvalue weighted by Gasteiger charge is -2.49. The van der Waals surface area contributed by atoms with Crippen LogP contribution < -0.4 is 21.9 Å². The fraction of sp³-hybridized carbons (Fsp3) is 0.880. The summed E-state index contributed by atoms with van der Waals surface area (Å²) in [5, 5.41) is 54.6. The summed E-state index contributed by atoms with van der Waals surface area (Å²) in [5.41, 5.74) is 2.28. The first-order valence-electron chi connectivity index (χ1n) is 14.6. The minimum Gasteiger partial charge on any atom is -0.466 e. The third-order valence-corrected chi connectivity index (χ3v) is 8.01. The van der Waals surface area contributed by atoms with Gasteiger partial charge in [0, 0.05) is 13.6 Å². The topological polar surface area (TPSA) is 210 Å². The third kappa shape index (κ3) is 9.61. The molecule has 0 spiro atoms. The standard InChI is InChI=1S/C25H43F5N6O10/c1-25(42)11-43-24(18(40)21(25)35(2)29)46-19-14(32-22(41)16(38)5-6-31-26)9-15(34-28)20(17(19)39)45-23-13(33-27)4-3-12(44-23)10-36(30)7-8-37/h3,13-21,23-24,31,33-34,37-40,42H,4-11H2,1-2H3,(H,32,41). The first-order chi connectivity index (χ1) is 21.8. The van der Waals surface area contributed by atoms with E-state index in [1.807, 2.05) is 0 Å². The Balaban J connectivity index is 1.87. The van der Waals surface area contributed by atoms with Crippen LogP contribution in [0.3, 0.4) is 0 Å². The maximum absolute atomic E-state index is 14.3. The van der Waals surface area contributed by atoms with Gasteiger partial charge >= 0.3 is 0 Å². The van der Waals surface area contributed by atoms with Crippen LogP contribution in [0.15, 0.2) is 11.8 Å². The molecule has 3 rings (SSSR count). The molecule has 2 heterocycles. The smallest absolute Gasteiger partial charge is 0.249 e. The molecule has 12 unspecified atom stereocenters. The Morgan fingerprint density at radius 3 is 2.37 bits per heavy atom. The average molecular weight is 683 g/mol. The van der Waals surface area contributed by atoms with Crippen LogP contribution in [0.5, 0.6) is 0 Å². The van der Waals surface area contributed by atoms with Crippen molar-refractivity contribution in [3.8, 4) is 0 Å². The van der Waals surface area contributed by atoms with E-state index < -0.39 is 111 Å². The van der Waals surface area contributed by atoms with E-state index >= 15 is 0 Å². The van der Waals surface area contributed by atoms with Gasteiger partial charge in [-0.05, 0) is 32.3 Å². The summed E-state index contributed by atoms with van der Waals surface area (Å²) < 4.78 is 91.2. The molecule has 21 heteroatoms. The second-order valence-electron chi connectivity index (χ2n) is 11.6. The van der Waals surface area contributed by atoms with Crippen molar-refractivity contribution in [2.75, 3.05) is 39.9 Å². The Morgan fingerprint density at radius 2 is 1.76 bits per heavy atom. The number of nitrogens with one attached hydrogen (secondary N) is 4. The molecule has 1 saturated heterocycles. The second kappa shape index (κ2) is 17.5.